The highest BCUT2D eigenvalue weighted by Gasteiger charge is 2.16. The van der Waals surface area contributed by atoms with Crippen molar-refractivity contribution in [3.05, 3.63) is 110 Å². The van der Waals surface area contributed by atoms with Gasteiger partial charge in [-0.05, 0) is 67.4 Å². The molecule has 5 nitrogen and oxygen atoms in total. The monoisotopic (exact) mass is 513 g/mol. The SMILES string of the molecule is Cc1nn(Cc2ccc(Cl)c(Cl)c2)c(C)c1NC(=O)c1ccc(COc2cccc(Cl)c2)cc1. The number of carbonyl (C=O) groups is 1. The number of nitrogens with zero attached hydrogens (tertiary/aromatic N) is 2. The molecule has 0 aliphatic rings. The van der Waals surface area contributed by atoms with Gasteiger partial charge >= 0.3 is 0 Å². The summed E-state index contributed by atoms with van der Waals surface area (Å²) in [5, 5.41) is 9.19. The van der Waals surface area contributed by atoms with Gasteiger partial charge in [0, 0.05) is 10.6 Å². The van der Waals surface area contributed by atoms with Crippen LogP contribution in [0.1, 0.15) is 32.9 Å². The summed E-state index contributed by atoms with van der Waals surface area (Å²) in [6.45, 7) is 4.68. The van der Waals surface area contributed by atoms with Crippen molar-refractivity contribution in [1.82, 2.24) is 9.78 Å². The summed E-state index contributed by atoms with van der Waals surface area (Å²) >= 11 is 18.1. The van der Waals surface area contributed by atoms with Crippen molar-refractivity contribution < 1.29 is 9.53 Å². The average Bonchev–Trinajstić information content (AvgIpc) is 3.07. The van der Waals surface area contributed by atoms with Gasteiger partial charge in [-0.2, -0.15) is 5.10 Å². The maximum atomic E-state index is 12.9. The van der Waals surface area contributed by atoms with Crippen LogP contribution in [0.25, 0.3) is 0 Å². The number of ether oxygens (including phenoxy) is 1. The first-order valence-electron chi connectivity index (χ1n) is 10.6. The van der Waals surface area contributed by atoms with Gasteiger partial charge in [-0.25, -0.2) is 0 Å². The molecule has 0 unspecified atom stereocenters. The molecule has 3 aromatic carbocycles. The zero-order chi connectivity index (χ0) is 24.2. The van der Waals surface area contributed by atoms with E-state index >= 15 is 0 Å². The standard InChI is InChI=1S/C26H22Cl3N3O2/c1-16-25(17(2)32(31-16)14-19-8-11-23(28)24(29)12-19)30-26(33)20-9-6-18(7-10-20)15-34-22-5-3-4-21(27)13-22/h3-13H,14-15H2,1-2H3,(H,30,33). The number of hydrogen-bond acceptors (Lipinski definition) is 3. The lowest BCUT2D eigenvalue weighted by Gasteiger charge is -2.09. The minimum atomic E-state index is -0.206. The molecule has 174 valence electrons. The average molecular weight is 515 g/mol. The van der Waals surface area contributed by atoms with Gasteiger partial charge in [0.25, 0.3) is 5.91 Å². The Morgan fingerprint density at radius 2 is 1.68 bits per heavy atom. The van der Waals surface area contributed by atoms with Crippen LogP contribution in [-0.4, -0.2) is 15.7 Å². The third-order valence-corrected chi connectivity index (χ3v) is 6.33. The van der Waals surface area contributed by atoms with Crippen molar-refractivity contribution in [1.29, 1.82) is 0 Å². The Balaban J connectivity index is 1.41. The van der Waals surface area contributed by atoms with Crippen molar-refractivity contribution in [2.75, 3.05) is 5.32 Å². The molecule has 1 aromatic heterocycles. The van der Waals surface area contributed by atoms with Gasteiger partial charge in [-0.1, -0.05) is 59.1 Å². The number of benzene rings is 3. The van der Waals surface area contributed by atoms with Crippen LogP contribution in [0.2, 0.25) is 15.1 Å². The summed E-state index contributed by atoms with van der Waals surface area (Å²) in [5.74, 6) is 0.487. The second-order valence-electron chi connectivity index (χ2n) is 7.85. The lowest BCUT2D eigenvalue weighted by atomic mass is 10.1. The molecule has 1 N–H and O–H groups in total. The quantitative estimate of drug-likeness (QED) is 0.281. The molecule has 0 saturated heterocycles. The normalized spacial score (nSPS) is 10.9. The molecular weight excluding hydrogens is 493 g/mol. The molecule has 0 aliphatic heterocycles. The predicted octanol–water partition coefficient (Wildman–Crippen LogP) is 7.34. The molecule has 0 fully saturated rings. The highest BCUT2D eigenvalue weighted by molar-refractivity contribution is 6.42. The van der Waals surface area contributed by atoms with Crippen molar-refractivity contribution >= 4 is 46.4 Å². The summed E-state index contributed by atoms with van der Waals surface area (Å²) in [6, 6.07) is 20.0. The molecule has 4 aromatic rings. The van der Waals surface area contributed by atoms with Gasteiger partial charge in [0.2, 0.25) is 0 Å². The second kappa shape index (κ2) is 10.5. The first-order valence-corrected chi connectivity index (χ1v) is 11.7. The first-order chi connectivity index (χ1) is 16.3. The lowest BCUT2D eigenvalue weighted by Crippen LogP contribution is -2.13. The third kappa shape index (κ3) is 5.73. The molecule has 34 heavy (non-hydrogen) atoms. The fourth-order valence-corrected chi connectivity index (χ4v) is 4.01. The summed E-state index contributed by atoms with van der Waals surface area (Å²) < 4.78 is 7.59. The number of rotatable bonds is 7. The van der Waals surface area contributed by atoms with Crippen molar-refractivity contribution in [3.8, 4) is 5.75 Å². The molecule has 0 radical (unpaired) electrons. The largest absolute Gasteiger partial charge is 0.489 e. The van der Waals surface area contributed by atoms with Gasteiger partial charge in [0.15, 0.2) is 0 Å². The topological polar surface area (TPSA) is 56.2 Å². The Morgan fingerprint density at radius 1 is 0.941 bits per heavy atom. The van der Waals surface area contributed by atoms with Crippen molar-refractivity contribution in [3.63, 3.8) is 0 Å². The Hall–Kier alpha value is -2.99. The number of nitrogens with one attached hydrogen (secondary N) is 1. The van der Waals surface area contributed by atoms with E-state index < -0.39 is 0 Å². The molecule has 0 bridgehead atoms. The van der Waals surface area contributed by atoms with E-state index in [2.05, 4.69) is 10.4 Å². The van der Waals surface area contributed by atoms with E-state index in [1.807, 2.05) is 54.9 Å². The van der Waals surface area contributed by atoms with Crippen LogP contribution in [0.5, 0.6) is 5.75 Å². The number of hydrogen-bond donors (Lipinski definition) is 1. The van der Waals surface area contributed by atoms with Crippen molar-refractivity contribution in [2.45, 2.75) is 27.0 Å². The van der Waals surface area contributed by atoms with Crippen LogP contribution in [0, 0.1) is 13.8 Å². The molecular formula is C26H22Cl3N3O2. The number of halogens is 3. The van der Waals surface area contributed by atoms with E-state index in [0.717, 1.165) is 22.5 Å². The Bertz CT molecular complexity index is 1330. The summed E-state index contributed by atoms with van der Waals surface area (Å²) in [4.78, 5) is 12.9. The molecule has 1 amide bonds. The number of amides is 1. The Labute approximate surface area is 213 Å². The lowest BCUT2D eigenvalue weighted by molar-refractivity contribution is 0.102. The van der Waals surface area contributed by atoms with E-state index in [0.29, 0.717) is 45.2 Å². The summed E-state index contributed by atoms with van der Waals surface area (Å²) in [6.07, 6.45) is 0. The number of aromatic nitrogens is 2. The summed E-state index contributed by atoms with van der Waals surface area (Å²) in [5.41, 5.74) is 4.73. The highest BCUT2D eigenvalue weighted by Crippen LogP contribution is 2.25. The van der Waals surface area contributed by atoms with Gasteiger partial charge < -0.3 is 10.1 Å². The van der Waals surface area contributed by atoms with E-state index in [-0.39, 0.29) is 5.91 Å². The van der Waals surface area contributed by atoms with Gasteiger partial charge in [0.05, 0.1) is 33.7 Å². The van der Waals surface area contributed by atoms with Gasteiger partial charge in [0.1, 0.15) is 12.4 Å². The minimum Gasteiger partial charge on any atom is -0.489 e. The molecule has 0 atom stereocenters. The zero-order valence-electron chi connectivity index (χ0n) is 18.6. The molecule has 0 spiro atoms. The fourth-order valence-electron chi connectivity index (χ4n) is 3.50. The van der Waals surface area contributed by atoms with Crippen LogP contribution in [0.15, 0.2) is 66.7 Å². The third-order valence-electron chi connectivity index (χ3n) is 5.35. The van der Waals surface area contributed by atoms with E-state index in [1.165, 1.54) is 0 Å². The van der Waals surface area contributed by atoms with Crippen LogP contribution in [0.3, 0.4) is 0 Å². The van der Waals surface area contributed by atoms with Gasteiger partial charge in [-0.15, -0.1) is 0 Å². The Morgan fingerprint density at radius 3 is 2.38 bits per heavy atom. The van der Waals surface area contributed by atoms with Crippen molar-refractivity contribution in [2.24, 2.45) is 0 Å². The maximum Gasteiger partial charge on any atom is 0.255 e. The van der Waals surface area contributed by atoms with Gasteiger partial charge in [-0.3, -0.25) is 9.48 Å². The fraction of sp³-hybridized carbons (Fsp3) is 0.154. The van der Waals surface area contributed by atoms with Crippen LogP contribution < -0.4 is 10.1 Å². The van der Waals surface area contributed by atoms with E-state index in [4.69, 9.17) is 39.5 Å². The molecule has 0 saturated carbocycles. The predicted molar refractivity (Wildman–Crippen MR) is 137 cm³/mol. The zero-order valence-corrected chi connectivity index (χ0v) is 20.9. The molecule has 8 heteroatoms. The number of carbonyl (C=O) groups excluding carboxylic acids is 1. The number of anilines is 1. The molecule has 0 aliphatic carbocycles. The minimum absolute atomic E-state index is 0.206. The molecule has 1 heterocycles. The maximum absolute atomic E-state index is 12.9. The number of aryl methyl sites for hydroxylation is 1. The van der Waals surface area contributed by atoms with E-state index in [1.54, 1.807) is 30.3 Å². The van der Waals surface area contributed by atoms with Crippen LogP contribution >= 0.6 is 34.8 Å². The Kier molecular flexibility index (Phi) is 7.47. The highest BCUT2D eigenvalue weighted by atomic mass is 35.5. The molecule has 4 rings (SSSR count). The summed E-state index contributed by atoms with van der Waals surface area (Å²) in [7, 11) is 0. The van der Waals surface area contributed by atoms with Crippen LogP contribution in [0.4, 0.5) is 5.69 Å². The second-order valence-corrected chi connectivity index (χ2v) is 9.10. The van der Waals surface area contributed by atoms with Crippen LogP contribution in [-0.2, 0) is 13.2 Å². The van der Waals surface area contributed by atoms with E-state index in [9.17, 15) is 4.79 Å². The first kappa shape index (κ1) is 24.1. The smallest absolute Gasteiger partial charge is 0.255 e.